The van der Waals surface area contributed by atoms with Crippen molar-refractivity contribution in [1.82, 2.24) is 5.43 Å². The summed E-state index contributed by atoms with van der Waals surface area (Å²) < 4.78 is 14.0. The van der Waals surface area contributed by atoms with E-state index in [-0.39, 0.29) is 5.57 Å². The number of rotatable bonds is 6. The van der Waals surface area contributed by atoms with Crippen LogP contribution < -0.4 is 19.9 Å². The molecule has 3 aromatic rings. The minimum Gasteiger partial charge on any atom is -0.493 e. The first-order valence-corrected chi connectivity index (χ1v) is 12.1. The summed E-state index contributed by atoms with van der Waals surface area (Å²) >= 11 is 10.5. The monoisotopic (exact) mass is 634 g/mol. The third-order valence-electron chi connectivity index (χ3n) is 4.89. The van der Waals surface area contributed by atoms with Gasteiger partial charge in [0.05, 0.1) is 12.8 Å². The van der Waals surface area contributed by atoms with Crippen molar-refractivity contribution in [2.75, 3.05) is 12.1 Å². The summed E-state index contributed by atoms with van der Waals surface area (Å²) in [6.45, 7) is 0.323. The van der Waals surface area contributed by atoms with Gasteiger partial charge in [0.15, 0.2) is 11.5 Å². The van der Waals surface area contributed by atoms with Gasteiger partial charge in [-0.25, -0.2) is 5.01 Å². The highest BCUT2D eigenvalue weighted by Crippen LogP contribution is 2.36. The lowest BCUT2D eigenvalue weighted by Gasteiger charge is -2.14. The second-order valence-corrected chi connectivity index (χ2v) is 9.65. The molecule has 6 nitrogen and oxygen atoms in total. The zero-order chi connectivity index (χ0) is 23.5. The van der Waals surface area contributed by atoms with Crippen molar-refractivity contribution in [3.05, 3.63) is 90.8 Å². The summed E-state index contributed by atoms with van der Waals surface area (Å²) in [5.74, 6) is 0.0890. The maximum Gasteiger partial charge on any atom is 0.282 e. The fourth-order valence-corrected chi connectivity index (χ4v) is 4.80. The number of methoxy groups -OCH3 is 1. The van der Waals surface area contributed by atoms with Crippen LogP contribution in [-0.4, -0.2) is 18.9 Å². The van der Waals surface area contributed by atoms with Crippen LogP contribution in [0.3, 0.4) is 0 Å². The van der Waals surface area contributed by atoms with Crippen molar-refractivity contribution in [2.45, 2.75) is 6.61 Å². The molecule has 0 aromatic heterocycles. The van der Waals surface area contributed by atoms with Crippen LogP contribution in [0.25, 0.3) is 6.08 Å². The fourth-order valence-electron chi connectivity index (χ4n) is 3.20. The van der Waals surface area contributed by atoms with Gasteiger partial charge >= 0.3 is 0 Å². The Bertz CT molecular complexity index is 1260. The van der Waals surface area contributed by atoms with Gasteiger partial charge in [0.2, 0.25) is 0 Å². The predicted molar refractivity (Wildman–Crippen MR) is 137 cm³/mol. The lowest BCUT2D eigenvalue weighted by molar-refractivity contribution is -0.117. The van der Waals surface area contributed by atoms with E-state index >= 15 is 0 Å². The Kier molecular flexibility index (Phi) is 7.21. The minimum atomic E-state index is -0.477. The number of para-hydroxylation sites is 1. The average molecular weight is 637 g/mol. The molecule has 0 aliphatic carbocycles. The molecule has 2 amide bonds. The lowest BCUT2D eigenvalue weighted by atomic mass is 10.1. The third kappa shape index (κ3) is 5.15. The van der Waals surface area contributed by atoms with Crippen LogP contribution in [0, 0.1) is 0 Å². The topological polar surface area (TPSA) is 67.9 Å². The molecule has 0 atom stereocenters. The second-order valence-electron chi connectivity index (χ2n) is 7.02. The number of nitrogens with zero attached hydrogens (tertiary/aromatic N) is 1. The Morgan fingerprint density at radius 2 is 1.70 bits per heavy atom. The highest BCUT2D eigenvalue weighted by Gasteiger charge is 2.34. The first-order chi connectivity index (χ1) is 15.9. The third-order valence-corrected chi connectivity index (χ3v) is 6.81. The predicted octanol–water partition coefficient (Wildman–Crippen LogP) is 6.02. The highest BCUT2D eigenvalue weighted by atomic mass is 79.9. The summed E-state index contributed by atoms with van der Waals surface area (Å²) in [4.78, 5) is 25.4. The van der Waals surface area contributed by atoms with E-state index in [1.807, 2.05) is 24.3 Å². The van der Waals surface area contributed by atoms with Gasteiger partial charge in [-0.15, -0.1) is 0 Å². The number of halogens is 3. The Morgan fingerprint density at radius 1 is 0.939 bits per heavy atom. The number of amides is 2. The van der Waals surface area contributed by atoms with Gasteiger partial charge in [0.25, 0.3) is 11.8 Å². The van der Waals surface area contributed by atoms with E-state index in [4.69, 9.17) is 9.47 Å². The van der Waals surface area contributed by atoms with Crippen molar-refractivity contribution in [3.8, 4) is 11.5 Å². The fraction of sp³-hybridized carbons (Fsp3) is 0.0833. The number of carbonyl (C=O) groups is 2. The maximum atomic E-state index is 12.9. The van der Waals surface area contributed by atoms with E-state index < -0.39 is 11.8 Å². The SMILES string of the molecule is COc1cc(/C=C2/C(=O)NN(c3ccccc3)C2=O)c(Br)cc1OCc1ccc(Br)cc1Br. The van der Waals surface area contributed by atoms with E-state index in [0.29, 0.717) is 33.8 Å². The molecular formula is C24H17Br3N2O4. The lowest BCUT2D eigenvalue weighted by Crippen LogP contribution is -2.35. The average Bonchev–Trinajstić information content (AvgIpc) is 3.08. The molecule has 4 rings (SSSR count). The zero-order valence-corrected chi connectivity index (χ0v) is 22.0. The summed E-state index contributed by atoms with van der Waals surface area (Å²) in [7, 11) is 1.53. The molecule has 9 heteroatoms. The molecule has 1 saturated heterocycles. The van der Waals surface area contributed by atoms with Gasteiger partial charge in [0.1, 0.15) is 12.2 Å². The molecule has 1 aliphatic heterocycles. The number of nitrogens with one attached hydrogen (secondary N) is 1. The van der Waals surface area contributed by atoms with Gasteiger partial charge in [0, 0.05) is 19.0 Å². The minimum absolute atomic E-state index is 0.0223. The highest BCUT2D eigenvalue weighted by molar-refractivity contribution is 9.11. The van der Waals surface area contributed by atoms with Crippen LogP contribution in [0.1, 0.15) is 11.1 Å². The van der Waals surface area contributed by atoms with Crippen LogP contribution in [0.4, 0.5) is 5.69 Å². The molecule has 0 unspecified atom stereocenters. The molecule has 0 spiro atoms. The van der Waals surface area contributed by atoms with Crippen molar-refractivity contribution in [1.29, 1.82) is 0 Å². The van der Waals surface area contributed by atoms with Gasteiger partial charge in [-0.1, -0.05) is 72.1 Å². The molecule has 0 radical (unpaired) electrons. The Balaban J connectivity index is 1.59. The number of hydrogen-bond acceptors (Lipinski definition) is 4. The maximum absolute atomic E-state index is 12.9. The Morgan fingerprint density at radius 3 is 2.39 bits per heavy atom. The number of hydrogen-bond donors (Lipinski definition) is 1. The first kappa shape index (κ1) is 23.5. The standard InChI is InChI=1S/C24H17Br3N2O4/c1-32-21-10-15(9-18-23(30)28-29(24(18)31)17-5-3-2-4-6-17)20(27)12-22(21)33-13-14-7-8-16(25)11-19(14)26/h2-12H,13H2,1H3,(H,28,30)/b18-9-. The van der Waals surface area contributed by atoms with Crippen LogP contribution >= 0.6 is 47.8 Å². The van der Waals surface area contributed by atoms with Crippen LogP contribution in [-0.2, 0) is 16.2 Å². The molecule has 33 heavy (non-hydrogen) atoms. The summed E-state index contributed by atoms with van der Waals surface area (Å²) in [6.07, 6.45) is 1.53. The second kappa shape index (κ2) is 10.1. The number of hydrazine groups is 1. The first-order valence-electron chi connectivity index (χ1n) is 9.74. The molecule has 0 saturated carbocycles. The quantitative estimate of drug-likeness (QED) is 0.265. The van der Waals surface area contributed by atoms with Crippen LogP contribution in [0.15, 0.2) is 79.7 Å². The van der Waals surface area contributed by atoms with E-state index in [1.54, 1.807) is 36.4 Å². The van der Waals surface area contributed by atoms with Crippen LogP contribution in [0.5, 0.6) is 11.5 Å². The molecule has 168 valence electrons. The van der Waals surface area contributed by atoms with Gasteiger partial charge in [-0.05, 0) is 48.0 Å². The van der Waals surface area contributed by atoms with Crippen molar-refractivity contribution in [2.24, 2.45) is 0 Å². The number of carbonyl (C=O) groups excluding carboxylic acids is 2. The molecule has 1 heterocycles. The Labute approximate surface area is 215 Å². The smallest absolute Gasteiger partial charge is 0.282 e. The molecule has 1 aliphatic rings. The summed E-state index contributed by atoms with van der Waals surface area (Å²) in [5.41, 5.74) is 4.78. The van der Waals surface area contributed by atoms with Crippen molar-refractivity contribution < 1.29 is 19.1 Å². The number of ether oxygens (including phenoxy) is 2. The van der Waals surface area contributed by atoms with Crippen molar-refractivity contribution in [3.63, 3.8) is 0 Å². The van der Waals surface area contributed by atoms with E-state index in [1.165, 1.54) is 18.2 Å². The normalized spacial score (nSPS) is 14.5. The molecule has 1 fully saturated rings. The van der Waals surface area contributed by atoms with Crippen LogP contribution in [0.2, 0.25) is 0 Å². The van der Waals surface area contributed by atoms with E-state index in [2.05, 4.69) is 53.2 Å². The van der Waals surface area contributed by atoms with Gasteiger partial charge in [-0.2, -0.15) is 0 Å². The zero-order valence-electron chi connectivity index (χ0n) is 17.3. The molecule has 0 bridgehead atoms. The largest absolute Gasteiger partial charge is 0.493 e. The Hall–Kier alpha value is -2.62. The summed E-state index contributed by atoms with van der Waals surface area (Å²) in [5, 5.41) is 1.23. The molecular weight excluding hydrogens is 620 g/mol. The summed E-state index contributed by atoms with van der Waals surface area (Å²) in [6, 6.07) is 18.2. The number of anilines is 1. The number of benzene rings is 3. The molecule has 3 aromatic carbocycles. The van der Waals surface area contributed by atoms with Gasteiger partial charge < -0.3 is 9.47 Å². The van der Waals surface area contributed by atoms with Crippen molar-refractivity contribution >= 4 is 71.4 Å². The van der Waals surface area contributed by atoms with E-state index in [0.717, 1.165) is 14.5 Å². The van der Waals surface area contributed by atoms with E-state index in [9.17, 15) is 9.59 Å². The van der Waals surface area contributed by atoms with Gasteiger partial charge in [-0.3, -0.25) is 15.0 Å². The molecule has 1 N–H and O–H groups in total.